The second kappa shape index (κ2) is 6.82. The molecule has 12 heteroatoms. The van der Waals surface area contributed by atoms with Crippen LogP contribution in [0.1, 0.15) is 21.1 Å². The van der Waals surface area contributed by atoms with Gasteiger partial charge in [0.15, 0.2) is 0 Å². The van der Waals surface area contributed by atoms with E-state index in [0.717, 1.165) is 17.1 Å². The van der Waals surface area contributed by atoms with Crippen LogP contribution < -0.4 is 4.72 Å². The Kier molecular flexibility index (Phi) is 5.15. The molecule has 10 nitrogen and oxygen atoms in total. The van der Waals surface area contributed by atoms with E-state index in [1.54, 1.807) is 13.8 Å². The molecule has 0 saturated heterocycles. The Bertz CT molecular complexity index is 932. The molecule has 0 radical (unpaired) electrons. The van der Waals surface area contributed by atoms with Gasteiger partial charge in [0.05, 0.1) is 25.4 Å². The summed E-state index contributed by atoms with van der Waals surface area (Å²) in [4.78, 5) is 24.8. The van der Waals surface area contributed by atoms with Gasteiger partial charge >= 0.3 is 0 Å². The zero-order valence-corrected chi connectivity index (χ0v) is 15.1. The first-order chi connectivity index (χ1) is 11.5. The van der Waals surface area contributed by atoms with E-state index in [1.165, 1.54) is 18.3 Å². The molecular formula is C13H14N4O6S2. The molecule has 1 aromatic heterocycles. The number of benzene rings is 1. The molecule has 1 aromatic carbocycles. The molecule has 134 valence electrons. The number of nitrogens with one attached hydrogen (secondary N) is 1. The van der Waals surface area contributed by atoms with Crippen LogP contribution in [0.5, 0.6) is 0 Å². The summed E-state index contributed by atoms with van der Waals surface area (Å²) in [6.07, 6.45) is 0. The van der Waals surface area contributed by atoms with Gasteiger partial charge in [-0.25, -0.2) is 18.1 Å². The molecule has 2 rings (SSSR count). The lowest BCUT2D eigenvalue weighted by atomic mass is 10.1. The van der Waals surface area contributed by atoms with Gasteiger partial charge in [-0.15, -0.1) is 11.3 Å². The first-order valence-corrected chi connectivity index (χ1v) is 9.19. The van der Waals surface area contributed by atoms with Crippen molar-refractivity contribution < 1.29 is 18.3 Å². The normalized spacial score (nSPS) is 11.5. The van der Waals surface area contributed by atoms with Crippen molar-refractivity contribution >= 4 is 32.7 Å². The molecule has 1 heterocycles. The Morgan fingerprint density at radius 3 is 2.04 bits per heavy atom. The maximum absolute atomic E-state index is 12.4. The van der Waals surface area contributed by atoms with Gasteiger partial charge < -0.3 is 0 Å². The van der Waals surface area contributed by atoms with Crippen molar-refractivity contribution in [3.8, 4) is 0 Å². The number of nitro benzene ring substituents is 2. The summed E-state index contributed by atoms with van der Waals surface area (Å²) in [5, 5.41) is 22.9. The molecule has 25 heavy (non-hydrogen) atoms. The smallest absolute Gasteiger partial charge is 0.258 e. The quantitative estimate of drug-likeness (QED) is 0.592. The van der Waals surface area contributed by atoms with E-state index in [4.69, 9.17) is 0 Å². The van der Waals surface area contributed by atoms with Crippen molar-refractivity contribution in [2.24, 2.45) is 0 Å². The SMILES string of the molecule is Cc1nc(C)c(CNS(=O)(=O)c2cc([N+](=O)[O-])c(C)c([N+](=O)[O-])c2)s1. The third-order valence-corrected chi connectivity index (χ3v) is 5.91. The minimum Gasteiger partial charge on any atom is -0.258 e. The summed E-state index contributed by atoms with van der Waals surface area (Å²) in [6, 6.07) is 1.63. The number of hydrogen-bond acceptors (Lipinski definition) is 8. The second-order valence-electron chi connectivity index (χ2n) is 5.17. The van der Waals surface area contributed by atoms with Gasteiger partial charge in [-0.3, -0.25) is 20.2 Å². The van der Waals surface area contributed by atoms with Crippen molar-refractivity contribution in [3.63, 3.8) is 0 Å². The third kappa shape index (κ3) is 3.97. The minimum absolute atomic E-state index is 0.0604. The van der Waals surface area contributed by atoms with Gasteiger partial charge in [-0.05, 0) is 20.8 Å². The number of aromatic nitrogens is 1. The van der Waals surface area contributed by atoms with Crippen LogP contribution in [0, 0.1) is 41.0 Å². The standard InChI is InChI=1S/C13H14N4O6S2/c1-7-11(16(18)19)4-10(5-12(7)17(20)21)25(22,23)14-6-13-8(2)15-9(3)24-13/h4-5,14H,6H2,1-3H3. The number of thiazole rings is 1. The van der Waals surface area contributed by atoms with Crippen LogP contribution in [-0.4, -0.2) is 23.2 Å². The van der Waals surface area contributed by atoms with Crippen molar-refractivity contribution in [2.75, 3.05) is 0 Å². The molecule has 0 aliphatic rings. The van der Waals surface area contributed by atoms with Gasteiger partial charge in [-0.1, -0.05) is 0 Å². The monoisotopic (exact) mass is 386 g/mol. The van der Waals surface area contributed by atoms with Crippen LogP contribution in [0.3, 0.4) is 0 Å². The Labute approximate surface area is 146 Å². The predicted octanol–water partition coefficient (Wildman–Crippen LogP) is 2.36. The van der Waals surface area contributed by atoms with Crippen molar-refractivity contribution in [1.29, 1.82) is 0 Å². The Morgan fingerprint density at radius 2 is 1.64 bits per heavy atom. The first kappa shape index (κ1) is 18.9. The average molecular weight is 386 g/mol. The van der Waals surface area contributed by atoms with Crippen LogP contribution in [0.15, 0.2) is 17.0 Å². The Balaban J connectivity index is 2.43. The lowest BCUT2D eigenvalue weighted by Crippen LogP contribution is -2.23. The molecule has 0 atom stereocenters. The highest BCUT2D eigenvalue weighted by Crippen LogP contribution is 2.31. The molecule has 0 unspecified atom stereocenters. The predicted molar refractivity (Wildman–Crippen MR) is 90.1 cm³/mol. The first-order valence-electron chi connectivity index (χ1n) is 6.89. The molecule has 0 aliphatic carbocycles. The highest BCUT2D eigenvalue weighted by Gasteiger charge is 2.28. The zero-order valence-electron chi connectivity index (χ0n) is 13.5. The van der Waals surface area contributed by atoms with E-state index >= 15 is 0 Å². The number of nitro groups is 2. The van der Waals surface area contributed by atoms with E-state index in [9.17, 15) is 28.6 Å². The fourth-order valence-electron chi connectivity index (χ4n) is 2.17. The van der Waals surface area contributed by atoms with E-state index in [1.807, 2.05) is 0 Å². The molecule has 1 N–H and O–H groups in total. The lowest BCUT2D eigenvalue weighted by molar-refractivity contribution is -0.395. The Morgan fingerprint density at radius 1 is 1.12 bits per heavy atom. The van der Waals surface area contributed by atoms with Crippen LogP contribution in [0.25, 0.3) is 0 Å². The number of nitrogens with zero attached hydrogens (tertiary/aromatic N) is 3. The summed E-state index contributed by atoms with van der Waals surface area (Å²) in [6.45, 7) is 4.65. The third-order valence-electron chi connectivity index (χ3n) is 3.45. The second-order valence-corrected chi connectivity index (χ2v) is 8.22. The molecule has 0 bridgehead atoms. The van der Waals surface area contributed by atoms with Crippen molar-refractivity contribution in [1.82, 2.24) is 9.71 Å². The number of hydrogen-bond donors (Lipinski definition) is 1. The van der Waals surface area contributed by atoms with Crippen molar-refractivity contribution in [3.05, 3.63) is 53.5 Å². The number of rotatable bonds is 6. The molecule has 2 aromatic rings. The fourth-order valence-corrected chi connectivity index (χ4v) is 4.18. The number of aryl methyl sites for hydroxylation is 2. The van der Waals surface area contributed by atoms with Gasteiger partial charge in [-0.2, -0.15) is 0 Å². The topological polar surface area (TPSA) is 145 Å². The van der Waals surface area contributed by atoms with Crippen molar-refractivity contribution in [2.45, 2.75) is 32.2 Å². The summed E-state index contributed by atoms with van der Waals surface area (Å²) in [5.41, 5.74) is -0.785. The molecule has 0 amide bonds. The number of sulfonamides is 1. The highest BCUT2D eigenvalue weighted by atomic mass is 32.2. The highest BCUT2D eigenvalue weighted by molar-refractivity contribution is 7.89. The zero-order chi connectivity index (χ0) is 18.9. The van der Waals surface area contributed by atoms with Crippen LogP contribution >= 0.6 is 11.3 Å². The van der Waals surface area contributed by atoms with Gasteiger partial charge in [0.1, 0.15) is 5.56 Å². The maximum atomic E-state index is 12.4. The minimum atomic E-state index is -4.17. The lowest BCUT2D eigenvalue weighted by Gasteiger charge is -2.07. The molecule has 0 saturated carbocycles. The summed E-state index contributed by atoms with van der Waals surface area (Å²) in [5.74, 6) is 0. The summed E-state index contributed by atoms with van der Waals surface area (Å²) in [7, 11) is -4.17. The van der Waals surface area contributed by atoms with Gasteiger partial charge in [0.2, 0.25) is 10.0 Å². The average Bonchev–Trinajstić information content (AvgIpc) is 2.82. The van der Waals surface area contributed by atoms with E-state index < -0.39 is 36.1 Å². The van der Waals surface area contributed by atoms with E-state index in [-0.39, 0.29) is 12.1 Å². The summed E-state index contributed by atoms with van der Waals surface area (Å²) < 4.78 is 27.1. The van der Waals surface area contributed by atoms with E-state index in [0.29, 0.717) is 10.6 Å². The molecule has 0 aliphatic heterocycles. The van der Waals surface area contributed by atoms with Crippen LogP contribution in [0.4, 0.5) is 11.4 Å². The maximum Gasteiger partial charge on any atom is 0.280 e. The van der Waals surface area contributed by atoms with Gasteiger partial charge in [0.25, 0.3) is 11.4 Å². The molecular weight excluding hydrogens is 372 g/mol. The molecule has 0 fully saturated rings. The molecule has 0 spiro atoms. The fraction of sp³-hybridized carbons (Fsp3) is 0.308. The van der Waals surface area contributed by atoms with Crippen LogP contribution in [-0.2, 0) is 16.6 Å². The Hall–Kier alpha value is -2.44. The summed E-state index contributed by atoms with van der Waals surface area (Å²) >= 11 is 1.31. The largest absolute Gasteiger partial charge is 0.280 e. The van der Waals surface area contributed by atoms with Crippen LogP contribution in [0.2, 0.25) is 0 Å². The van der Waals surface area contributed by atoms with Gasteiger partial charge in [0, 0.05) is 23.6 Å². The van der Waals surface area contributed by atoms with E-state index in [2.05, 4.69) is 9.71 Å².